The van der Waals surface area contributed by atoms with E-state index in [2.05, 4.69) is 5.32 Å². The van der Waals surface area contributed by atoms with Crippen LogP contribution in [0.5, 0.6) is 0 Å². The number of hydrogen-bond acceptors (Lipinski definition) is 4. The van der Waals surface area contributed by atoms with E-state index >= 15 is 0 Å². The van der Waals surface area contributed by atoms with Crippen LogP contribution in [0.1, 0.15) is 28.4 Å². The Labute approximate surface area is 123 Å². The molecule has 0 radical (unpaired) electrons. The fourth-order valence-corrected chi connectivity index (χ4v) is 3.13. The van der Waals surface area contributed by atoms with E-state index in [0.717, 1.165) is 0 Å². The van der Waals surface area contributed by atoms with Crippen molar-refractivity contribution in [1.29, 1.82) is 0 Å². The first-order chi connectivity index (χ1) is 9.16. The first-order valence-corrected chi connectivity index (χ1v) is 8.33. The van der Waals surface area contributed by atoms with E-state index in [-0.39, 0.29) is 22.4 Å². The summed E-state index contributed by atoms with van der Waals surface area (Å²) in [5, 5.41) is 2.73. The van der Waals surface area contributed by atoms with Gasteiger partial charge in [-0.1, -0.05) is 6.07 Å². The maximum atomic E-state index is 12.1. The Balaban J connectivity index is 3.16. The van der Waals surface area contributed by atoms with Crippen molar-refractivity contribution in [3.8, 4) is 0 Å². The Bertz CT molecular complexity index is 613. The Hall–Kier alpha value is -1.11. The van der Waals surface area contributed by atoms with E-state index in [1.54, 1.807) is 26.8 Å². The van der Waals surface area contributed by atoms with Gasteiger partial charge in [0.05, 0.1) is 11.5 Å². The zero-order valence-corrected chi connectivity index (χ0v) is 13.4. The summed E-state index contributed by atoms with van der Waals surface area (Å²) in [4.78, 5) is 12.1. The fourth-order valence-electron chi connectivity index (χ4n) is 1.93. The first kappa shape index (κ1) is 16.9. The van der Waals surface area contributed by atoms with Crippen LogP contribution in [0, 0.1) is 13.8 Å². The van der Waals surface area contributed by atoms with Crippen LogP contribution in [0.2, 0.25) is 0 Å². The number of aryl methyl sites for hydroxylation is 2. The van der Waals surface area contributed by atoms with Crippen molar-refractivity contribution in [3.63, 3.8) is 0 Å². The van der Waals surface area contributed by atoms with Crippen LogP contribution in [-0.4, -0.2) is 34.1 Å². The molecule has 1 amide bonds. The number of ether oxygens (including phenoxy) is 1. The standard InChI is InChI=1S/C13H18ClNO4S/c1-8-5-9(2)12(20(14,17)18)6-11(8)13(16)15-10(3)7-19-4/h5-6,10H,7H2,1-4H3,(H,15,16). The minimum Gasteiger partial charge on any atom is -0.383 e. The molecule has 0 bridgehead atoms. The topological polar surface area (TPSA) is 72.5 Å². The second-order valence-corrected chi connectivity index (χ2v) is 7.23. The molecule has 0 aliphatic heterocycles. The van der Waals surface area contributed by atoms with E-state index in [0.29, 0.717) is 17.7 Å². The van der Waals surface area contributed by atoms with Gasteiger partial charge in [-0.2, -0.15) is 0 Å². The molecule has 0 saturated carbocycles. The number of benzene rings is 1. The molecule has 1 aromatic carbocycles. The summed E-state index contributed by atoms with van der Waals surface area (Å²) in [5.74, 6) is -0.353. The molecular formula is C13H18ClNO4S. The van der Waals surface area contributed by atoms with Crippen LogP contribution in [0.4, 0.5) is 0 Å². The number of methoxy groups -OCH3 is 1. The van der Waals surface area contributed by atoms with Crippen LogP contribution in [0.25, 0.3) is 0 Å². The minimum atomic E-state index is -3.88. The predicted molar refractivity (Wildman–Crippen MR) is 77.8 cm³/mol. The highest BCUT2D eigenvalue weighted by molar-refractivity contribution is 8.13. The van der Waals surface area contributed by atoms with Gasteiger partial charge < -0.3 is 10.1 Å². The average Bonchev–Trinajstić information content (AvgIpc) is 2.26. The second kappa shape index (κ2) is 6.56. The lowest BCUT2D eigenvalue weighted by Gasteiger charge is -2.15. The molecule has 1 atom stereocenters. The summed E-state index contributed by atoms with van der Waals surface area (Å²) in [5.41, 5.74) is 1.49. The quantitative estimate of drug-likeness (QED) is 0.842. The van der Waals surface area contributed by atoms with Crippen LogP contribution >= 0.6 is 10.7 Å². The van der Waals surface area contributed by atoms with Gasteiger partial charge in [-0.25, -0.2) is 8.42 Å². The highest BCUT2D eigenvalue weighted by atomic mass is 35.7. The van der Waals surface area contributed by atoms with Crippen molar-refractivity contribution in [2.45, 2.75) is 31.7 Å². The number of nitrogens with one attached hydrogen (secondary N) is 1. The Morgan fingerprint density at radius 1 is 1.35 bits per heavy atom. The molecule has 0 saturated heterocycles. The summed E-state index contributed by atoms with van der Waals surface area (Å²) in [6.07, 6.45) is 0. The molecule has 1 N–H and O–H groups in total. The Morgan fingerprint density at radius 2 is 1.95 bits per heavy atom. The van der Waals surface area contributed by atoms with E-state index in [9.17, 15) is 13.2 Å². The van der Waals surface area contributed by atoms with E-state index < -0.39 is 9.05 Å². The van der Waals surface area contributed by atoms with Gasteiger partial charge in [0.15, 0.2) is 0 Å². The number of halogens is 1. The Morgan fingerprint density at radius 3 is 2.45 bits per heavy atom. The van der Waals surface area contributed by atoms with Crippen molar-refractivity contribution in [2.24, 2.45) is 0 Å². The van der Waals surface area contributed by atoms with Crippen molar-refractivity contribution in [1.82, 2.24) is 5.32 Å². The van der Waals surface area contributed by atoms with Crippen molar-refractivity contribution >= 4 is 25.6 Å². The molecular weight excluding hydrogens is 302 g/mol. The smallest absolute Gasteiger partial charge is 0.261 e. The van der Waals surface area contributed by atoms with Gasteiger partial charge in [0.2, 0.25) is 0 Å². The summed E-state index contributed by atoms with van der Waals surface area (Å²) in [6.45, 7) is 5.55. The highest BCUT2D eigenvalue weighted by Crippen LogP contribution is 2.23. The maximum Gasteiger partial charge on any atom is 0.261 e. The number of carbonyl (C=O) groups excluding carboxylic acids is 1. The molecule has 0 spiro atoms. The van der Waals surface area contributed by atoms with Gasteiger partial charge in [-0.05, 0) is 38.0 Å². The molecule has 5 nitrogen and oxygen atoms in total. The predicted octanol–water partition coefficient (Wildman–Crippen LogP) is 2.00. The third-order valence-corrected chi connectivity index (χ3v) is 4.29. The lowest BCUT2D eigenvalue weighted by Crippen LogP contribution is -2.36. The monoisotopic (exact) mass is 319 g/mol. The van der Waals surface area contributed by atoms with E-state index in [4.69, 9.17) is 15.4 Å². The van der Waals surface area contributed by atoms with Crippen molar-refractivity contribution in [3.05, 3.63) is 28.8 Å². The van der Waals surface area contributed by atoms with E-state index in [1.807, 2.05) is 0 Å². The molecule has 0 heterocycles. The number of carbonyl (C=O) groups is 1. The van der Waals surface area contributed by atoms with Gasteiger partial charge in [0, 0.05) is 29.4 Å². The lowest BCUT2D eigenvalue weighted by atomic mass is 10.0. The molecule has 7 heteroatoms. The summed E-state index contributed by atoms with van der Waals surface area (Å²) in [7, 11) is 3.03. The number of amides is 1. The van der Waals surface area contributed by atoms with Crippen LogP contribution in [-0.2, 0) is 13.8 Å². The third-order valence-electron chi connectivity index (χ3n) is 2.82. The molecule has 0 fully saturated rings. The van der Waals surface area contributed by atoms with Gasteiger partial charge in [0.1, 0.15) is 0 Å². The van der Waals surface area contributed by atoms with Crippen LogP contribution in [0.3, 0.4) is 0 Å². The lowest BCUT2D eigenvalue weighted by molar-refractivity contribution is 0.0904. The van der Waals surface area contributed by atoms with Gasteiger partial charge in [0.25, 0.3) is 15.0 Å². The molecule has 112 valence electrons. The van der Waals surface area contributed by atoms with E-state index in [1.165, 1.54) is 13.2 Å². The summed E-state index contributed by atoms with van der Waals surface area (Å²) < 4.78 is 27.9. The number of hydrogen-bond donors (Lipinski definition) is 1. The normalized spacial score (nSPS) is 13.1. The summed E-state index contributed by atoms with van der Waals surface area (Å²) in [6, 6.07) is 2.76. The fraction of sp³-hybridized carbons (Fsp3) is 0.462. The van der Waals surface area contributed by atoms with Crippen LogP contribution < -0.4 is 5.32 Å². The largest absolute Gasteiger partial charge is 0.383 e. The molecule has 0 aliphatic carbocycles. The first-order valence-electron chi connectivity index (χ1n) is 6.02. The average molecular weight is 320 g/mol. The zero-order valence-electron chi connectivity index (χ0n) is 11.9. The van der Waals surface area contributed by atoms with Gasteiger partial charge >= 0.3 is 0 Å². The Kier molecular flexibility index (Phi) is 5.56. The third kappa shape index (κ3) is 4.19. The SMILES string of the molecule is COCC(C)NC(=O)c1cc(S(=O)(=O)Cl)c(C)cc1C. The van der Waals surface area contributed by atoms with Crippen LogP contribution in [0.15, 0.2) is 17.0 Å². The van der Waals surface area contributed by atoms with Crippen molar-refractivity contribution in [2.75, 3.05) is 13.7 Å². The second-order valence-electron chi connectivity index (χ2n) is 4.70. The molecule has 0 aliphatic rings. The van der Waals surface area contributed by atoms with Crippen molar-refractivity contribution < 1.29 is 17.9 Å². The minimum absolute atomic E-state index is 0.0469. The maximum absolute atomic E-state index is 12.1. The van der Waals surface area contributed by atoms with Gasteiger partial charge in [-0.3, -0.25) is 4.79 Å². The molecule has 20 heavy (non-hydrogen) atoms. The highest BCUT2D eigenvalue weighted by Gasteiger charge is 2.19. The molecule has 1 unspecified atom stereocenters. The molecule has 0 aromatic heterocycles. The molecule has 1 aromatic rings. The summed E-state index contributed by atoms with van der Waals surface area (Å²) >= 11 is 0. The molecule has 1 rings (SSSR count). The number of rotatable bonds is 5. The zero-order chi connectivity index (χ0) is 15.5. The van der Waals surface area contributed by atoms with Gasteiger partial charge in [-0.15, -0.1) is 0 Å².